The summed E-state index contributed by atoms with van der Waals surface area (Å²) >= 11 is 0. The van der Waals surface area contributed by atoms with Crippen LogP contribution in [-0.4, -0.2) is 36.0 Å². The van der Waals surface area contributed by atoms with Crippen molar-refractivity contribution in [3.63, 3.8) is 0 Å². The van der Waals surface area contributed by atoms with Crippen molar-refractivity contribution in [3.8, 4) is 12.3 Å². The Labute approximate surface area is 106 Å². The molecule has 3 nitrogen and oxygen atoms in total. The number of terminal acetylenes is 1. The van der Waals surface area contributed by atoms with Crippen LogP contribution < -0.4 is 5.32 Å². The molecule has 0 aliphatic rings. The van der Waals surface area contributed by atoms with Crippen LogP contribution in [0.15, 0.2) is 0 Å². The molecule has 0 aromatic heterocycles. The fourth-order valence-corrected chi connectivity index (χ4v) is 1.49. The average molecular weight is 241 g/mol. The molecule has 0 rings (SSSR count). The Kier molecular flexibility index (Phi) is 7.45. The Morgan fingerprint density at radius 2 is 1.94 bits per heavy atom. The van der Waals surface area contributed by atoms with Crippen molar-refractivity contribution >= 4 is 0 Å². The molecule has 0 spiro atoms. The highest BCUT2D eigenvalue weighted by molar-refractivity contribution is 5.07. The van der Waals surface area contributed by atoms with Crippen LogP contribution in [0.1, 0.15) is 41.0 Å². The normalized spacial score (nSPS) is 15.6. The van der Waals surface area contributed by atoms with E-state index in [1.165, 1.54) is 0 Å². The van der Waals surface area contributed by atoms with Gasteiger partial charge in [-0.05, 0) is 33.1 Å². The predicted molar refractivity (Wildman–Crippen MR) is 71.8 cm³/mol. The second kappa shape index (κ2) is 7.71. The molecule has 0 aromatic rings. The first-order valence-electron chi connectivity index (χ1n) is 6.29. The van der Waals surface area contributed by atoms with E-state index < -0.39 is 6.10 Å². The summed E-state index contributed by atoms with van der Waals surface area (Å²) in [5.74, 6) is 3.24. The molecule has 0 bridgehead atoms. The first-order valence-corrected chi connectivity index (χ1v) is 6.29. The number of rotatable bonds is 8. The molecule has 0 aliphatic heterocycles. The zero-order valence-electron chi connectivity index (χ0n) is 11.8. The molecule has 17 heavy (non-hydrogen) atoms. The third-order valence-electron chi connectivity index (χ3n) is 2.52. The molecule has 2 unspecified atom stereocenters. The highest BCUT2D eigenvalue weighted by Gasteiger charge is 2.15. The van der Waals surface area contributed by atoms with Crippen LogP contribution in [0.3, 0.4) is 0 Å². The highest BCUT2D eigenvalue weighted by atomic mass is 16.5. The third kappa shape index (κ3) is 9.17. The SMILES string of the molecule is C#CC(C)(C)NCC(O)COC(C)CC(C)C. The zero-order chi connectivity index (χ0) is 13.5. The van der Waals surface area contributed by atoms with Crippen LogP contribution >= 0.6 is 0 Å². The number of ether oxygens (including phenoxy) is 1. The molecule has 0 saturated carbocycles. The van der Waals surface area contributed by atoms with Gasteiger partial charge in [-0.3, -0.25) is 5.32 Å². The van der Waals surface area contributed by atoms with E-state index in [4.69, 9.17) is 11.2 Å². The van der Waals surface area contributed by atoms with E-state index in [0.717, 1.165) is 6.42 Å². The monoisotopic (exact) mass is 241 g/mol. The summed E-state index contributed by atoms with van der Waals surface area (Å²) in [7, 11) is 0. The maximum atomic E-state index is 9.73. The van der Waals surface area contributed by atoms with E-state index in [2.05, 4.69) is 25.1 Å². The minimum Gasteiger partial charge on any atom is -0.389 e. The molecule has 100 valence electrons. The number of hydrogen-bond donors (Lipinski definition) is 2. The summed E-state index contributed by atoms with van der Waals surface area (Å²) in [5.41, 5.74) is -0.384. The third-order valence-corrected chi connectivity index (χ3v) is 2.52. The van der Waals surface area contributed by atoms with Crippen molar-refractivity contribution in [1.29, 1.82) is 0 Å². The molecule has 2 N–H and O–H groups in total. The number of aliphatic hydroxyl groups is 1. The molecule has 2 atom stereocenters. The van der Waals surface area contributed by atoms with Gasteiger partial charge in [-0.1, -0.05) is 19.8 Å². The van der Waals surface area contributed by atoms with Gasteiger partial charge < -0.3 is 9.84 Å². The lowest BCUT2D eigenvalue weighted by Gasteiger charge is -2.23. The molecule has 0 radical (unpaired) electrons. The number of hydrogen-bond acceptors (Lipinski definition) is 3. The van der Waals surface area contributed by atoms with E-state index in [-0.39, 0.29) is 11.6 Å². The van der Waals surface area contributed by atoms with Gasteiger partial charge in [0.25, 0.3) is 0 Å². The second-order valence-corrected chi connectivity index (χ2v) is 5.58. The predicted octanol–water partition coefficient (Wildman–Crippen LogP) is 1.80. The minimum absolute atomic E-state index is 0.185. The molecular formula is C14H27NO2. The number of aliphatic hydroxyl groups excluding tert-OH is 1. The van der Waals surface area contributed by atoms with Crippen LogP contribution in [0.5, 0.6) is 0 Å². The Bertz CT molecular complexity index is 243. The van der Waals surface area contributed by atoms with Crippen molar-refractivity contribution in [2.75, 3.05) is 13.2 Å². The summed E-state index contributed by atoms with van der Waals surface area (Å²) in [4.78, 5) is 0. The van der Waals surface area contributed by atoms with Gasteiger partial charge in [0.15, 0.2) is 0 Å². The number of nitrogens with one attached hydrogen (secondary N) is 1. The summed E-state index contributed by atoms with van der Waals surface area (Å²) in [5, 5.41) is 12.8. The Morgan fingerprint density at radius 3 is 2.41 bits per heavy atom. The van der Waals surface area contributed by atoms with Crippen LogP contribution in [0.4, 0.5) is 0 Å². The summed E-state index contributed by atoms with van der Waals surface area (Å²) in [6, 6.07) is 0. The lowest BCUT2D eigenvalue weighted by molar-refractivity contribution is -0.00964. The lowest BCUT2D eigenvalue weighted by atomic mass is 10.1. The van der Waals surface area contributed by atoms with E-state index in [9.17, 15) is 5.11 Å². The van der Waals surface area contributed by atoms with Crippen molar-refractivity contribution in [3.05, 3.63) is 0 Å². The van der Waals surface area contributed by atoms with E-state index in [0.29, 0.717) is 19.1 Å². The molecule has 0 fully saturated rings. The highest BCUT2D eigenvalue weighted by Crippen LogP contribution is 2.07. The number of β-amino-alcohol motifs (C(OH)–C–C–N with tert-alkyl or cyclic N) is 1. The molecule has 0 amide bonds. The average Bonchev–Trinajstić information content (AvgIpc) is 2.23. The van der Waals surface area contributed by atoms with Crippen LogP contribution in [0.2, 0.25) is 0 Å². The fraction of sp³-hybridized carbons (Fsp3) is 0.857. The van der Waals surface area contributed by atoms with Crippen molar-refractivity contribution in [1.82, 2.24) is 5.32 Å². The van der Waals surface area contributed by atoms with Gasteiger partial charge in [-0.2, -0.15) is 0 Å². The lowest BCUT2D eigenvalue weighted by Crippen LogP contribution is -2.43. The Hall–Kier alpha value is -0.560. The topological polar surface area (TPSA) is 41.5 Å². The van der Waals surface area contributed by atoms with Crippen molar-refractivity contribution in [2.24, 2.45) is 5.92 Å². The van der Waals surface area contributed by atoms with Gasteiger partial charge in [0.05, 0.1) is 24.4 Å². The summed E-state index contributed by atoms with van der Waals surface area (Å²) in [6.07, 6.45) is 6.02. The van der Waals surface area contributed by atoms with Gasteiger partial charge in [-0.15, -0.1) is 6.42 Å². The Balaban J connectivity index is 3.74. The molecular weight excluding hydrogens is 214 g/mol. The largest absolute Gasteiger partial charge is 0.389 e. The molecule has 0 saturated heterocycles. The van der Waals surface area contributed by atoms with Crippen LogP contribution in [-0.2, 0) is 4.74 Å². The van der Waals surface area contributed by atoms with Gasteiger partial charge in [0.2, 0.25) is 0 Å². The maximum Gasteiger partial charge on any atom is 0.0898 e. The molecule has 0 heterocycles. The van der Waals surface area contributed by atoms with Crippen LogP contribution in [0.25, 0.3) is 0 Å². The zero-order valence-corrected chi connectivity index (χ0v) is 11.8. The smallest absolute Gasteiger partial charge is 0.0898 e. The molecule has 3 heteroatoms. The minimum atomic E-state index is -0.516. The van der Waals surface area contributed by atoms with Crippen LogP contribution in [0, 0.1) is 18.3 Å². The first-order chi connectivity index (χ1) is 7.76. The fourth-order valence-electron chi connectivity index (χ4n) is 1.49. The van der Waals surface area contributed by atoms with Gasteiger partial charge in [0, 0.05) is 6.54 Å². The van der Waals surface area contributed by atoms with E-state index in [1.807, 2.05) is 20.8 Å². The van der Waals surface area contributed by atoms with E-state index in [1.54, 1.807) is 0 Å². The van der Waals surface area contributed by atoms with Gasteiger partial charge in [-0.25, -0.2) is 0 Å². The summed E-state index contributed by atoms with van der Waals surface area (Å²) in [6.45, 7) is 11.0. The second-order valence-electron chi connectivity index (χ2n) is 5.58. The van der Waals surface area contributed by atoms with Crippen molar-refractivity contribution < 1.29 is 9.84 Å². The molecule has 0 aromatic carbocycles. The first kappa shape index (κ1) is 16.4. The molecule has 0 aliphatic carbocycles. The standard InChI is InChI=1S/C14H27NO2/c1-7-14(5,6)15-9-13(16)10-17-12(4)8-11(2)3/h1,11-13,15-16H,8-10H2,2-6H3. The van der Waals surface area contributed by atoms with Gasteiger partial charge in [0.1, 0.15) is 0 Å². The Morgan fingerprint density at radius 1 is 1.35 bits per heavy atom. The van der Waals surface area contributed by atoms with E-state index >= 15 is 0 Å². The van der Waals surface area contributed by atoms with Gasteiger partial charge >= 0.3 is 0 Å². The van der Waals surface area contributed by atoms with Crippen molar-refractivity contribution in [2.45, 2.75) is 58.8 Å². The maximum absolute atomic E-state index is 9.73. The quantitative estimate of drug-likeness (QED) is 0.637. The summed E-state index contributed by atoms with van der Waals surface area (Å²) < 4.78 is 5.57.